The molecule has 0 aliphatic carbocycles. The molecule has 2 aromatic heterocycles. The van der Waals surface area contributed by atoms with Crippen LogP contribution in [0.4, 0.5) is 10.2 Å². The van der Waals surface area contributed by atoms with Crippen LogP contribution in [0.2, 0.25) is 5.02 Å². The molecule has 1 saturated heterocycles. The van der Waals surface area contributed by atoms with Crippen molar-refractivity contribution in [1.82, 2.24) is 20.3 Å². The van der Waals surface area contributed by atoms with Crippen LogP contribution in [-0.2, 0) is 4.79 Å². The van der Waals surface area contributed by atoms with Gasteiger partial charge in [0, 0.05) is 43.4 Å². The molecule has 1 fully saturated rings. The summed E-state index contributed by atoms with van der Waals surface area (Å²) in [5.74, 6) is -0.435. The first kappa shape index (κ1) is 19.2. The molecule has 0 aromatic carbocycles. The molecule has 0 unspecified atom stereocenters. The Morgan fingerprint density at radius 3 is 2.85 bits per heavy atom. The number of pyridine rings is 1. The highest BCUT2D eigenvalue weighted by molar-refractivity contribution is 6.32. The SMILES string of the molecule is O=C(NCCO)C1CCN(c2nc(-c3ccnc(F)c3)[nH]c(=O)c2Cl)CC1. The topological polar surface area (TPSA) is 111 Å². The van der Waals surface area contributed by atoms with Crippen molar-refractivity contribution in [3.63, 3.8) is 0 Å². The largest absolute Gasteiger partial charge is 0.395 e. The van der Waals surface area contributed by atoms with Crippen LogP contribution >= 0.6 is 11.6 Å². The number of aromatic amines is 1. The number of aliphatic hydroxyl groups is 1. The van der Waals surface area contributed by atoms with E-state index >= 15 is 0 Å². The van der Waals surface area contributed by atoms with E-state index in [4.69, 9.17) is 16.7 Å². The molecule has 8 nitrogen and oxygen atoms in total. The maximum absolute atomic E-state index is 13.4. The lowest BCUT2D eigenvalue weighted by Gasteiger charge is -2.32. The Bertz CT molecular complexity index is 883. The van der Waals surface area contributed by atoms with Gasteiger partial charge in [-0.15, -0.1) is 0 Å². The van der Waals surface area contributed by atoms with Crippen LogP contribution in [-0.4, -0.2) is 52.2 Å². The average molecular weight is 396 g/mol. The van der Waals surface area contributed by atoms with E-state index < -0.39 is 11.5 Å². The van der Waals surface area contributed by atoms with Gasteiger partial charge in [0.15, 0.2) is 5.82 Å². The van der Waals surface area contributed by atoms with Crippen molar-refractivity contribution in [3.8, 4) is 11.4 Å². The molecule has 3 heterocycles. The Balaban J connectivity index is 1.79. The molecule has 144 valence electrons. The van der Waals surface area contributed by atoms with E-state index in [9.17, 15) is 14.0 Å². The van der Waals surface area contributed by atoms with E-state index in [1.807, 2.05) is 4.90 Å². The van der Waals surface area contributed by atoms with Gasteiger partial charge in [0.2, 0.25) is 11.9 Å². The number of carbonyl (C=O) groups is 1. The summed E-state index contributed by atoms with van der Waals surface area (Å²) in [6.45, 7) is 1.12. The molecule has 3 rings (SSSR count). The Morgan fingerprint density at radius 2 is 2.19 bits per heavy atom. The number of aliphatic hydroxyl groups excluding tert-OH is 1. The van der Waals surface area contributed by atoms with Crippen LogP contribution in [0, 0.1) is 11.9 Å². The third kappa shape index (κ3) is 4.42. The van der Waals surface area contributed by atoms with Crippen molar-refractivity contribution in [2.24, 2.45) is 5.92 Å². The summed E-state index contributed by atoms with van der Waals surface area (Å²) >= 11 is 6.14. The van der Waals surface area contributed by atoms with Gasteiger partial charge in [-0.05, 0) is 18.9 Å². The summed E-state index contributed by atoms with van der Waals surface area (Å²) in [6.07, 6.45) is 2.43. The first-order valence-electron chi connectivity index (χ1n) is 8.55. The smallest absolute Gasteiger partial charge is 0.272 e. The Kier molecular flexibility index (Phi) is 6.02. The van der Waals surface area contributed by atoms with E-state index in [2.05, 4.69) is 20.3 Å². The highest BCUT2D eigenvalue weighted by Gasteiger charge is 2.27. The third-order valence-electron chi connectivity index (χ3n) is 4.42. The quantitative estimate of drug-likeness (QED) is 0.650. The number of nitrogens with one attached hydrogen (secondary N) is 2. The molecule has 0 radical (unpaired) electrons. The van der Waals surface area contributed by atoms with Crippen molar-refractivity contribution >= 4 is 23.3 Å². The van der Waals surface area contributed by atoms with Crippen molar-refractivity contribution in [2.75, 3.05) is 31.1 Å². The number of anilines is 1. The molecule has 1 amide bonds. The van der Waals surface area contributed by atoms with Crippen LogP contribution in [0.15, 0.2) is 23.1 Å². The molecule has 0 spiro atoms. The standard InChI is InChI=1S/C17H19ClFN5O3/c18-13-15(24-6-2-10(3-7-24)16(26)21-5-8-25)22-14(23-17(13)27)11-1-4-20-12(19)9-11/h1,4,9-10,25H,2-3,5-8H2,(H,21,26)(H,22,23,27). The van der Waals surface area contributed by atoms with Gasteiger partial charge < -0.3 is 20.3 Å². The lowest BCUT2D eigenvalue weighted by atomic mass is 9.96. The van der Waals surface area contributed by atoms with E-state index in [1.165, 1.54) is 18.3 Å². The summed E-state index contributed by atoms with van der Waals surface area (Å²) < 4.78 is 13.4. The number of amides is 1. The molecule has 1 aliphatic heterocycles. The molecule has 10 heteroatoms. The summed E-state index contributed by atoms with van der Waals surface area (Å²) in [7, 11) is 0. The maximum atomic E-state index is 13.4. The predicted molar refractivity (Wildman–Crippen MR) is 98.1 cm³/mol. The zero-order valence-electron chi connectivity index (χ0n) is 14.4. The van der Waals surface area contributed by atoms with Crippen LogP contribution in [0.25, 0.3) is 11.4 Å². The first-order chi connectivity index (χ1) is 13.0. The van der Waals surface area contributed by atoms with Crippen molar-refractivity contribution < 1.29 is 14.3 Å². The van der Waals surface area contributed by atoms with Gasteiger partial charge in [0.1, 0.15) is 10.8 Å². The molecular formula is C17H19ClFN5O3. The van der Waals surface area contributed by atoms with Crippen LogP contribution in [0.5, 0.6) is 0 Å². The van der Waals surface area contributed by atoms with Crippen molar-refractivity contribution in [1.29, 1.82) is 0 Å². The summed E-state index contributed by atoms with van der Waals surface area (Å²) in [5, 5.41) is 11.4. The summed E-state index contributed by atoms with van der Waals surface area (Å²) in [5.41, 5.74) is -0.132. The zero-order chi connectivity index (χ0) is 19.4. The van der Waals surface area contributed by atoms with E-state index in [0.29, 0.717) is 37.3 Å². The van der Waals surface area contributed by atoms with Crippen LogP contribution in [0.3, 0.4) is 0 Å². The Hall–Kier alpha value is -2.52. The third-order valence-corrected chi connectivity index (χ3v) is 4.76. The van der Waals surface area contributed by atoms with Gasteiger partial charge in [0.05, 0.1) is 6.61 Å². The van der Waals surface area contributed by atoms with E-state index in [0.717, 1.165) is 0 Å². The predicted octanol–water partition coefficient (Wildman–Crippen LogP) is 0.949. The number of aromatic nitrogens is 3. The van der Waals surface area contributed by atoms with Gasteiger partial charge in [0.25, 0.3) is 5.56 Å². The normalized spacial score (nSPS) is 15.0. The number of hydrogen-bond donors (Lipinski definition) is 3. The fraction of sp³-hybridized carbons (Fsp3) is 0.412. The van der Waals surface area contributed by atoms with Gasteiger partial charge in [-0.1, -0.05) is 11.6 Å². The Morgan fingerprint density at radius 1 is 1.44 bits per heavy atom. The number of nitrogens with zero attached hydrogens (tertiary/aromatic N) is 3. The number of H-pyrrole nitrogens is 1. The lowest BCUT2D eigenvalue weighted by Crippen LogP contribution is -2.42. The number of hydrogen-bond acceptors (Lipinski definition) is 6. The molecule has 0 atom stereocenters. The molecule has 0 bridgehead atoms. The van der Waals surface area contributed by atoms with E-state index in [1.54, 1.807) is 0 Å². The minimum absolute atomic E-state index is 0.0449. The fourth-order valence-electron chi connectivity index (χ4n) is 3.02. The zero-order valence-corrected chi connectivity index (χ0v) is 15.2. The summed E-state index contributed by atoms with van der Waals surface area (Å²) in [4.78, 5) is 36.5. The van der Waals surface area contributed by atoms with Crippen LogP contribution in [0.1, 0.15) is 12.8 Å². The van der Waals surface area contributed by atoms with E-state index in [-0.39, 0.29) is 35.8 Å². The maximum Gasteiger partial charge on any atom is 0.272 e. The van der Waals surface area contributed by atoms with Gasteiger partial charge in [-0.2, -0.15) is 4.39 Å². The number of rotatable bonds is 5. The molecule has 1 aliphatic rings. The number of halogens is 2. The summed E-state index contributed by atoms with van der Waals surface area (Å²) in [6, 6.07) is 2.71. The number of piperidine rings is 1. The second-order valence-electron chi connectivity index (χ2n) is 6.20. The molecule has 0 saturated carbocycles. The van der Waals surface area contributed by atoms with Gasteiger partial charge in [-0.25, -0.2) is 9.97 Å². The van der Waals surface area contributed by atoms with Crippen molar-refractivity contribution in [2.45, 2.75) is 12.8 Å². The average Bonchev–Trinajstić information content (AvgIpc) is 2.68. The monoisotopic (exact) mass is 395 g/mol. The lowest BCUT2D eigenvalue weighted by molar-refractivity contribution is -0.125. The fourth-order valence-corrected chi connectivity index (χ4v) is 3.23. The van der Waals surface area contributed by atoms with Gasteiger partial charge >= 0.3 is 0 Å². The highest BCUT2D eigenvalue weighted by atomic mass is 35.5. The molecular weight excluding hydrogens is 377 g/mol. The van der Waals surface area contributed by atoms with Crippen molar-refractivity contribution in [3.05, 3.63) is 39.7 Å². The highest BCUT2D eigenvalue weighted by Crippen LogP contribution is 2.27. The molecule has 3 N–H and O–H groups in total. The minimum atomic E-state index is -0.679. The molecule has 27 heavy (non-hydrogen) atoms. The second-order valence-corrected chi connectivity index (χ2v) is 6.57. The Labute approximate surface area is 159 Å². The van der Waals surface area contributed by atoms with Crippen LogP contribution < -0.4 is 15.8 Å². The minimum Gasteiger partial charge on any atom is -0.395 e. The van der Waals surface area contributed by atoms with Gasteiger partial charge in [-0.3, -0.25) is 9.59 Å². The second kappa shape index (κ2) is 8.45. The number of carbonyl (C=O) groups excluding carboxylic acids is 1. The first-order valence-corrected chi connectivity index (χ1v) is 8.92. The molecule has 2 aromatic rings.